The Morgan fingerprint density at radius 3 is 2.78 bits per heavy atom. The highest BCUT2D eigenvalue weighted by Crippen LogP contribution is 2.31. The molecule has 18 heavy (non-hydrogen) atoms. The van der Waals surface area contributed by atoms with Crippen molar-refractivity contribution in [3.05, 3.63) is 28.5 Å². The number of nitrogens with two attached hydrogens (primary N) is 1. The summed E-state index contributed by atoms with van der Waals surface area (Å²) in [6.45, 7) is 4.29. The molecule has 0 atom stereocenters. The van der Waals surface area contributed by atoms with Crippen molar-refractivity contribution in [2.24, 2.45) is 5.73 Å². The molecule has 0 aliphatic carbocycles. The molecule has 0 saturated heterocycles. The molecule has 3 aromatic rings. The van der Waals surface area contributed by atoms with E-state index in [1.807, 2.05) is 26.0 Å². The number of aromatic nitrogens is 3. The Kier molecular flexibility index (Phi) is 2.61. The van der Waals surface area contributed by atoms with Gasteiger partial charge in [0.2, 0.25) is 5.89 Å². The number of fused-ring (bicyclic) bond motifs is 1. The van der Waals surface area contributed by atoms with Gasteiger partial charge in [0.15, 0.2) is 11.2 Å². The lowest BCUT2D eigenvalue weighted by atomic mass is 10.4. The minimum Gasteiger partial charge on any atom is -0.433 e. The number of thiazole rings is 1. The van der Waals surface area contributed by atoms with Gasteiger partial charge in [-0.05, 0) is 26.0 Å². The molecule has 0 spiro atoms. The predicted molar refractivity (Wildman–Crippen MR) is 70.3 cm³/mol. The van der Waals surface area contributed by atoms with E-state index in [-0.39, 0.29) is 0 Å². The van der Waals surface area contributed by atoms with Crippen molar-refractivity contribution in [3.8, 4) is 10.8 Å². The SMILES string of the molecule is Cc1ccc2oc(-c3sc(CN)nc3C)nc2n1. The zero-order chi connectivity index (χ0) is 12.7. The van der Waals surface area contributed by atoms with E-state index in [4.69, 9.17) is 10.2 Å². The highest BCUT2D eigenvalue weighted by molar-refractivity contribution is 7.15. The van der Waals surface area contributed by atoms with Gasteiger partial charge in [0, 0.05) is 12.2 Å². The first-order valence-electron chi connectivity index (χ1n) is 5.58. The van der Waals surface area contributed by atoms with E-state index in [0.717, 1.165) is 21.3 Å². The van der Waals surface area contributed by atoms with Crippen LogP contribution in [0.3, 0.4) is 0 Å². The van der Waals surface area contributed by atoms with E-state index >= 15 is 0 Å². The van der Waals surface area contributed by atoms with E-state index in [1.165, 1.54) is 11.3 Å². The quantitative estimate of drug-likeness (QED) is 0.765. The Hall–Kier alpha value is -1.79. The van der Waals surface area contributed by atoms with Gasteiger partial charge in [-0.15, -0.1) is 11.3 Å². The Bertz CT molecular complexity index is 716. The molecule has 3 heterocycles. The first-order chi connectivity index (χ1) is 8.67. The van der Waals surface area contributed by atoms with Crippen molar-refractivity contribution in [3.63, 3.8) is 0 Å². The molecule has 0 aliphatic heterocycles. The number of rotatable bonds is 2. The van der Waals surface area contributed by atoms with Gasteiger partial charge in [-0.2, -0.15) is 4.98 Å². The van der Waals surface area contributed by atoms with Crippen molar-refractivity contribution >= 4 is 22.6 Å². The van der Waals surface area contributed by atoms with E-state index in [1.54, 1.807) is 0 Å². The number of aryl methyl sites for hydroxylation is 2. The molecule has 0 amide bonds. The number of hydrogen-bond acceptors (Lipinski definition) is 6. The molecule has 2 N–H and O–H groups in total. The maximum absolute atomic E-state index is 5.70. The fourth-order valence-corrected chi connectivity index (χ4v) is 2.62. The number of oxazole rings is 1. The third kappa shape index (κ3) is 1.79. The van der Waals surface area contributed by atoms with Crippen LogP contribution in [-0.2, 0) is 6.54 Å². The number of pyridine rings is 1. The smallest absolute Gasteiger partial charge is 0.241 e. The second-order valence-corrected chi connectivity index (χ2v) is 5.10. The molecule has 0 unspecified atom stereocenters. The Morgan fingerprint density at radius 1 is 1.22 bits per heavy atom. The van der Waals surface area contributed by atoms with Gasteiger partial charge in [-0.3, -0.25) is 0 Å². The summed E-state index contributed by atoms with van der Waals surface area (Å²) in [6, 6.07) is 3.79. The monoisotopic (exact) mass is 260 g/mol. The summed E-state index contributed by atoms with van der Waals surface area (Å²) >= 11 is 1.51. The van der Waals surface area contributed by atoms with E-state index in [2.05, 4.69) is 15.0 Å². The molecule has 0 fully saturated rings. The molecule has 3 rings (SSSR count). The van der Waals surface area contributed by atoms with Crippen LogP contribution in [0, 0.1) is 13.8 Å². The molecule has 6 heteroatoms. The van der Waals surface area contributed by atoms with Crippen LogP contribution in [0.1, 0.15) is 16.4 Å². The van der Waals surface area contributed by atoms with Gasteiger partial charge < -0.3 is 10.2 Å². The van der Waals surface area contributed by atoms with Crippen LogP contribution in [0.5, 0.6) is 0 Å². The van der Waals surface area contributed by atoms with Gasteiger partial charge in [-0.1, -0.05) is 0 Å². The average molecular weight is 260 g/mol. The molecule has 92 valence electrons. The van der Waals surface area contributed by atoms with Crippen molar-refractivity contribution in [1.29, 1.82) is 0 Å². The molecule has 0 radical (unpaired) electrons. The summed E-state index contributed by atoms with van der Waals surface area (Å²) in [7, 11) is 0. The summed E-state index contributed by atoms with van der Waals surface area (Å²) in [4.78, 5) is 14.0. The fraction of sp³-hybridized carbons (Fsp3) is 0.250. The fourth-order valence-electron chi connectivity index (χ4n) is 1.75. The first kappa shape index (κ1) is 11.3. The van der Waals surface area contributed by atoms with Crippen LogP contribution in [0.4, 0.5) is 0 Å². The lowest BCUT2D eigenvalue weighted by Gasteiger charge is -1.88. The van der Waals surface area contributed by atoms with Gasteiger partial charge >= 0.3 is 0 Å². The molecule has 5 nitrogen and oxygen atoms in total. The normalized spacial score (nSPS) is 11.3. The van der Waals surface area contributed by atoms with Crippen LogP contribution in [0.25, 0.3) is 22.0 Å². The van der Waals surface area contributed by atoms with Crippen LogP contribution < -0.4 is 5.73 Å². The summed E-state index contributed by atoms with van der Waals surface area (Å²) in [5, 5.41) is 0.883. The van der Waals surface area contributed by atoms with Crippen LogP contribution in [0.2, 0.25) is 0 Å². The Balaban J connectivity index is 2.15. The molecule has 0 aromatic carbocycles. The molecule has 0 bridgehead atoms. The van der Waals surface area contributed by atoms with Crippen molar-refractivity contribution in [2.75, 3.05) is 0 Å². The highest BCUT2D eigenvalue weighted by Gasteiger charge is 2.15. The van der Waals surface area contributed by atoms with E-state index in [0.29, 0.717) is 23.7 Å². The lowest BCUT2D eigenvalue weighted by Crippen LogP contribution is -1.94. The standard InChI is InChI=1S/C12H12N4OS/c1-6-3-4-8-11(14-6)16-12(17-8)10-7(2)15-9(5-13)18-10/h3-4H,5,13H2,1-2H3. The minimum atomic E-state index is 0.434. The van der Waals surface area contributed by atoms with Gasteiger partial charge in [-0.25, -0.2) is 9.97 Å². The molecular formula is C12H12N4OS. The average Bonchev–Trinajstić information content (AvgIpc) is 2.91. The largest absolute Gasteiger partial charge is 0.433 e. The van der Waals surface area contributed by atoms with Gasteiger partial charge in [0.05, 0.1) is 5.69 Å². The third-order valence-electron chi connectivity index (χ3n) is 2.60. The Labute approximate surface area is 108 Å². The van der Waals surface area contributed by atoms with E-state index < -0.39 is 0 Å². The Morgan fingerprint density at radius 2 is 2.06 bits per heavy atom. The number of nitrogens with zero attached hydrogens (tertiary/aromatic N) is 3. The zero-order valence-corrected chi connectivity index (χ0v) is 10.9. The second-order valence-electron chi connectivity index (χ2n) is 4.02. The minimum absolute atomic E-state index is 0.434. The van der Waals surface area contributed by atoms with Crippen molar-refractivity contribution in [1.82, 2.24) is 15.0 Å². The second kappa shape index (κ2) is 4.15. The van der Waals surface area contributed by atoms with Crippen molar-refractivity contribution in [2.45, 2.75) is 20.4 Å². The maximum atomic E-state index is 5.70. The molecular weight excluding hydrogens is 248 g/mol. The molecule has 0 saturated carbocycles. The predicted octanol–water partition coefficient (Wildman–Crippen LogP) is 2.42. The summed E-state index contributed by atoms with van der Waals surface area (Å²) in [5.74, 6) is 0.567. The third-order valence-corrected chi connectivity index (χ3v) is 3.77. The lowest BCUT2D eigenvalue weighted by molar-refractivity contribution is 0.620. The summed E-state index contributed by atoms with van der Waals surface area (Å²) in [5.41, 5.74) is 8.73. The molecule has 0 aliphatic rings. The maximum Gasteiger partial charge on any atom is 0.241 e. The van der Waals surface area contributed by atoms with E-state index in [9.17, 15) is 0 Å². The summed E-state index contributed by atoms with van der Waals surface area (Å²) in [6.07, 6.45) is 0. The van der Waals surface area contributed by atoms with Crippen LogP contribution >= 0.6 is 11.3 Å². The summed E-state index contributed by atoms with van der Waals surface area (Å²) < 4.78 is 5.70. The van der Waals surface area contributed by atoms with Gasteiger partial charge in [0.25, 0.3) is 0 Å². The highest BCUT2D eigenvalue weighted by atomic mass is 32.1. The topological polar surface area (TPSA) is 77.8 Å². The number of hydrogen-bond donors (Lipinski definition) is 1. The van der Waals surface area contributed by atoms with Crippen LogP contribution in [-0.4, -0.2) is 15.0 Å². The first-order valence-corrected chi connectivity index (χ1v) is 6.40. The van der Waals surface area contributed by atoms with Gasteiger partial charge in [0.1, 0.15) is 9.88 Å². The molecule has 3 aromatic heterocycles. The zero-order valence-electron chi connectivity index (χ0n) is 10.1. The van der Waals surface area contributed by atoms with Crippen LogP contribution in [0.15, 0.2) is 16.5 Å². The van der Waals surface area contributed by atoms with Crippen molar-refractivity contribution < 1.29 is 4.42 Å².